The number of alkyl halides is 1. The molecular formula is C15H21FN2O2. The van der Waals surface area contributed by atoms with Crippen molar-refractivity contribution in [1.82, 2.24) is 4.90 Å². The van der Waals surface area contributed by atoms with E-state index < -0.39 is 12.3 Å². The minimum Gasteiger partial charge on any atom is -0.445 e. The van der Waals surface area contributed by atoms with Gasteiger partial charge in [0.2, 0.25) is 0 Å². The Labute approximate surface area is 118 Å². The van der Waals surface area contributed by atoms with Crippen molar-refractivity contribution in [2.75, 3.05) is 19.6 Å². The summed E-state index contributed by atoms with van der Waals surface area (Å²) in [4.78, 5) is 13.3. The minimum absolute atomic E-state index is 0.0295. The summed E-state index contributed by atoms with van der Waals surface area (Å²) in [5.74, 6) is -0.0295. The highest BCUT2D eigenvalue weighted by Crippen LogP contribution is 2.23. The molecule has 2 N–H and O–H groups in total. The molecule has 1 saturated heterocycles. The number of hydrogen-bond donors (Lipinski definition) is 1. The van der Waals surface area contributed by atoms with Gasteiger partial charge in [0, 0.05) is 6.54 Å². The summed E-state index contributed by atoms with van der Waals surface area (Å²) >= 11 is 0. The smallest absolute Gasteiger partial charge is 0.410 e. The highest BCUT2D eigenvalue weighted by Gasteiger charge is 2.31. The average molecular weight is 280 g/mol. The first-order valence-electron chi connectivity index (χ1n) is 7.00. The molecule has 4 nitrogen and oxygen atoms in total. The van der Waals surface area contributed by atoms with Gasteiger partial charge in [0.1, 0.15) is 12.8 Å². The highest BCUT2D eigenvalue weighted by molar-refractivity contribution is 5.67. The molecule has 20 heavy (non-hydrogen) atoms. The first kappa shape index (κ1) is 14.8. The number of nitrogens with two attached hydrogens (primary N) is 1. The Morgan fingerprint density at radius 1 is 1.40 bits per heavy atom. The van der Waals surface area contributed by atoms with Crippen LogP contribution in [-0.2, 0) is 11.3 Å². The van der Waals surface area contributed by atoms with Crippen molar-refractivity contribution in [3.63, 3.8) is 0 Å². The summed E-state index contributed by atoms with van der Waals surface area (Å²) < 4.78 is 19.1. The van der Waals surface area contributed by atoms with E-state index in [1.54, 1.807) is 0 Å². The van der Waals surface area contributed by atoms with E-state index in [-0.39, 0.29) is 19.1 Å². The molecule has 1 aromatic carbocycles. The third kappa shape index (κ3) is 3.93. The zero-order chi connectivity index (χ0) is 14.4. The predicted octanol–water partition coefficient (Wildman–Crippen LogP) is 2.33. The normalized spacial score (nSPS) is 22.6. The number of carbonyl (C=O) groups is 1. The molecule has 0 bridgehead atoms. The Kier molecular flexibility index (Phi) is 5.35. The van der Waals surface area contributed by atoms with Crippen LogP contribution in [0, 0.1) is 5.92 Å². The lowest BCUT2D eigenvalue weighted by Gasteiger charge is -2.33. The summed E-state index contributed by atoms with van der Waals surface area (Å²) in [5, 5.41) is 0. The number of benzene rings is 1. The first-order chi connectivity index (χ1) is 9.70. The Morgan fingerprint density at radius 3 is 2.80 bits per heavy atom. The second-order valence-corrected chi connectivity index (χ2v) is 5.13. The third-order valence-electron chi connectivity index (χ3n) is 3.68. The van der Waals surface area contributed by atoms with E-state index in [2.05, 4.69) is 0 Å². The average Bonchev–Trinajstić information content (AvgIpc) is 2.48. The van der Waals surface area contributed by atoms with Gasteiger partial charge in [0.15, 0.2) is 0 Å². The van der Waals surface area contributed by atoms with Crippen molar-refractivity contribution in [1.29, 1.82) is 0 Å². The maximum Gasteiger partial charge on any atom is 0.410 e. The maximum atomic E-state index is 13.9. The molecule has 1 fully saturated rings. The van der Waals surface area contributed by atoms with Gasteiger partial charge >= 0.3 is 6.09 Å². The number of hydrogen-bond acceptors (Lipinski definition) is 3. The molecule has 1 amide bonds. The standard InChI is InChI=1S/C15H21FN2O2/c16-14-10-18(9-7-13(14)6-8-17)15(19)20-11-12-4-2-1-3-5-12/h1-5,13-14H,6-11,17H2. The summed E-state index contributed by atoms with van der Waals surface area (Å²) in [7, 11) is 0. The van der Waals surface area contributed by atoms with Crippen LogP contribution in [0.3, 0.4) is 0 Å². The first-order valence-corrected chi connectivity index (χ1v) is 7.00. The monoisotopic (exact) mass is 280 g/mol. The number of ether oxygens (including phenoxy) is 1. The van der Waals surface area contributed by atoms with Crippen LogP contribution in [0.25, 0.3) is 0 Å². The molecule has 1 aromatic rings. The molecule has 1 aliphatic rings. The Bertz CT molecular complexity index is 427. The summed E-state index contributed by atoms with van der Waals surface area (Å²) in [5.41, 5.74) is 6.38. The number of amides is 1. The molecule has 0 spiro atoms. The second-order valence-electron chi connectivity index (χ2n) is 5.13. The van der Waals surface area contributed by atoms with Crippen LogP contribution in [0.2, 0.25) is 0 Å². The van der Waals surface area contributed by atoms with E-state index in [0.717, 1.165) is 5.56 Å². The lowest BCUT2D eigenvalue weighted by molar-refractivity contribution is 0.0503. The van der Waals surface area contributed by atoms with Crippen LogP contribution in [0.15, 0.2) is 30.3 Å². The molecule has 0 aliphatic carbocycles. The quantitative estimate of drug-likeness (QED) is 0.921. The molecule has 2 rings (SSSR count). The number of halogens is 1. The topological polar surface area (TPSA) is 55.6 Å². The largest absolute Gasteiger partial charge is 0.445 e. The summed E-state index contributed by atoms with van der Waals surface area (Å²) in [6.45, 7) is 1.36. The zero-order valence-electron chi connectivity index (χ0n) is 11.5. The van der Waals surface area contributed by atoms with Crippen molar-refractivity contribution >= 4 is 6.09 Å². The van der Waals surface area contributed by atoms with Crippen LogP contribution < -0.4 is 5.73 Å². The van der Waals surface area contributed by atoms with E-state index in [4.69, 9.17) is 10.5 Å². The fourth-order valence-corrected chi connectivity index (χ4v) is 2.47. The Hall–Kier alpha value is -1.62. The van der Waals surface area contributed by atoms with Gasteiger partial charge in [-0.05, 0) is 30.9 Å². The van der Waals surface area contributed by atoms with Crippen LogP contribution in [-0.4, -0.2) is 36.8 Å². The molecule has 2 unspecified atom stereocenters. The maximum absolute atomic E-state index is 13.9. The van der Waals surface area contributed by atoms with Crippen LogP contribution >= 0.6 is 0 Å². The molecule has 0 aromatic heterocycles. The molecule has 110 valence electrons. The number of nitrogens with zero attached hydrogens (tertiary/aromatic N) is 1. The fraction of sp³-hybridized carbons (Fsp3) is 0.533. The van der Waals surface area contributed by atoms with Crippen LogP contribution in [0.4, 0.5) is 9.18 Å². The fourth-order valence-electron chi connectivity index (χ4n) is 2.47. The van der Waals surface area contributed by atoms with Crippen LogP contribution in [0.5, 0.6) is 0 Å². The van der Waals surface area contributed by atoms with Crippen molar-refractivity contribution in [2.45, 2.75) is 25.6 Å². The van der Waals surface area contributed by atoms with Crippen molar-refractivity contribution < 1.29 is 13.9 Å². The summed E-state index contributed by atoms with van der Waals surface area (Å²) in [6, 6.07) is 9.46. The van der Waals surface area contributed by atoms with E-state index in [9.17, 15) is 9.18 Å². The van der Waals surface area contributed by atoms with Gasteiger partial charge in [-0.1, -0.05) is 30.3 Å². The van der Waals surface area contributed by atoms with Crippen molar-refractivity contribution in [2.24, 2.45) is 11.7 Å². The van der Waals surface area contributed by atoms with E-state index >= 15 is 0 Å². The van der Waals surface area contributed by atoms with Crippen LogP contribution in [0.1, 0.15) is 18.4 Å². The molecular weight excluding hydrogens is 259 g/mol. The lowest BCUT2D eigenvalue weighted by Crippen LogP contribution is -2.45. The minimum atomic E-state index is -1.00. The number of likely N-dealkylation sites (tertiary alicyclic amines) is 1. The number of piperidine rings is 1. The van der Waals surface area contributed by atoms with E-state index in [1.807, 2.05) is 30.3 Å². The second kappa shape index (κ2) is 7.24. The Morgan fingerprint density at radius 2 is 2.15 bits per heavy atom. The number of carbonyl (C=O) groups excluding carboxylic acids is 1. The highest BCUT2D eigenvalue weighted by atomic mass is 19.1. The summed E-state index contributed by atoms with van der Waals surface area (Å²) in [6.07, 6.45) is -0.119. The molecule has 2 atom stereocenters. The van der Waals surface area contributed by atoms with Crippen molar-refractivity contribution in [3.8, 4) is 0 Å². The predicted molar refractivity (Wildman–Crippen MR) is 74.9 cm³/mol. The van der Waals surface area contributed by atoms with Gasteiger partial charge in [0.25, 0.3) is 0 Å². The van der Waals surface area contributed by atoms with Gasteiger partial charge in [0.05, 0.1) is 6.54 Å². The molecule has 0 radical (unpaired) electrons. The van der Waals surface area contributed by atoms with Gasteiger partial charge in [-0.25, -0.2) is 9.18 Å². The van der Waals surface area contributed by atoms with Gasteiger partial charge in [-0.15, -0.1) is 0 Å². The Balaban J connectivity index is 1.79. The molecule has 0 saturated carbocycles. The van der Waals surface area contributed by atoms with Crippen molar-refractivity contribution in [3.05, 3.63) is 35.9 Å². The van der Waals surface area contributed by atoms with E-state index in [1.165, 1.54) is 4.90 Å². The molecule has 1 heterocycles. The molecule has 5 heteroatoms. The van der Waals surface area contributed by atoms with Gasteiger partial charge in [-0.2, -0.15) is 0 Å². The van der Waals surface area contributed by atoms with Gasteiger partial charge < -0.3 is 15.4 Å². The van der Waals surface area contributed by atoms with E-state index in [0.29, 0.717) is 25.9 Å². The van der Waals surface area contributed by atoms with Gasteiger partial charge in [-0.3, -0.25) is 0 Å². The number of rotatable bonds is 4. The lowest BCUT2D eigenvalue weighted by atomic mass is 9.92. The molecule has 1 aliphatic heterocycles. The third-order valence-corrected chi connectivity index (χ3v) is 3.68. The SMILES string of the molecule is NCCC1CCN(C(=O)OCc2ccccc2)CC1F. The zero-order valence-corrected chi connectivity index (χ0v) is 11.5.